The summed E-state index contributed by atoms with van der Waals surface area (Å²) in [6.45, 7) is 0.296. The van der Waals surface area contributed by atoms with Gasteiger partial charge in [0, 0.05) is 11.6 Å². The maximum absolute atomic E-state index is 13.0. The van der Waals surface area contributed by atoms with Gasteiger partial charge in [-0.3, -0.25) is 0 Å². The van der Waals surface area contributed by atoms with Crippen LogP contribution in [0.1, 0.15) is 5.56 Å². The monoisotopic (exact) mass is 321 g/mol. The van der Waals surface area contributed by atoms with Crippen molar-refractivity contribution in [1.29, 1.82) is 0 Å². The standard InChI is InChI=1S/C13H8Cl3F2N/c14-10-3-8(17)2-1-7(10)6-19-13-11(15)4-9(18)5-12(13)16/h1-5,19H,6H2. The largest absolute Gasteiger partial charge is 0.378 e. The molecule has 0 heterocycles. The summed E-state index contributed by atoms with van der Waals surface area (Å²) in [5, 5.41) is 3.58. The molecule has 0 bridgehead atoms. The summed E-state index contributed by atoms with van der Waals surface area (Å²) in [6, 6.07) is 6.38. The number of anilines is 1. The Morgan fingerprint density at radius 3 is 2.00 bits per heavy atom. The van der Waals surface area contributed by atoms with E-state index in [9.17, 15) is 8.78 Å². The van der Waals surface area contributed by atoms with E-state index >= 15 is 0 Å². The predicted octanol–water partition coefficient (Wildman–Crippen LogP) is 5.54. The van der Waals surface area contributed by atoms with E-state index in [0.717, 1.165) is 12.1 Å². The smallest absolute Gasteiger partial charge is 0.126 e. The number of halogens is 5. The van der Waals surface area contributed by atoms with Crippen LogP contribution in [0, 0.1) is 11.6 Å². The molecule has 2 rings (SSSR count). The fraction of sp³-hybridized carbons (Fsp3) is 0.0769. The zero-order valence-corrected chi connectivity index (χ0v) is 11.8. The fourth-order valence-corrected chi connectivity index (χ4v) is 2.39. The lowest BCUT2D eigenvalue weighted by atomic mass is 10.2. The van der Waals surface area contributed by atoms with Gasteiger partial charge < -0.3 is 5.32 Å². The fourth-order valence-electron chi connectivity index (χ4n) is 1.56. The minimum absolute atomic E-state index is 0.170. The minimum atomic E-state index is -0.514. The zero-order chi connectivity index (χ0) is 14.0. The summed E-state index contributed by atoms with van der Waals surface area (Å²) in [5.41, 5.74) is 1.09. The molecule has 0 saturated carbocycles. The van der Waals surface area contributed by atoms with Gasteiger partial charge in [0.25, 0.3) is 0 Å². The predicted molar refractivity (Wildman–Crippen MR) is 75.2 cm³/mol. The van der Waals surface area contributed by atoms with Crippen LogP contribution in [0.25, 0.3) is 0 Å². The van der Waals surface area contributed by atoms with Gasteiger partial charge in [-0.2, -0.15) is 0 Å². The Labute approximate surface area is 124 Å². The topological polar surface area (TPSA) is 12.0 Å². The van der Waals surface area contributed by atoms with Gasteiger partial charge in [0.15, 0.2) is 0 Å². The first-order chi connectivity index (χ1) is 8.97. The summed E-state index contributed by atoms with van der Waals surface area (Å²) in [6.07, 6.45) is 0. The molecule has 0 radical (unpaired) electrons. The van der Waals surface area contributed by atoms with E-state index in [-0.39, 0.29) is 10.0 Å². The van der Waals surface area contributed by atoms with E-state index in [1.54, 1.807) is 6.07 Å². The molecule has 2 aromatic rings. The summed E-state index contributed by atoms with van der Waals surface area (Å²) in [7, 11) is 0. The molecule has 0 aromatic heterocycles. The van der Waals surface area contributed by atoms with Crippen molar-refractivity contribution >= 4 is 40.5 Å². The highest BCUT2D eigenvalue weighted by Crippen LogP contribution is 2.32. The van der Waals surface area contributed by atoms with Crippen molar-refractivity contribution in [2.45, 2.75) is 6.54 Å². The molecule has 1 N–H and O–H groups in total. The van der Waals surface area contributed by atoms with Crippen molar-refractivity contribution in [2.24, 2.45) is 0 Å². The van der Waals surface area contributed by atoms with Gasteiger partial charge in [-0.1, -0.05) is 40.9 Å². The molecule has 0 spiro atoms. The van der Waals surface area contributed by atoms with Crippen LogP contribution in [0.4, 0.5) is 14.5 Å². The molecular weight excluding hydrogens is 315 g/mol. The molecule has 100 valence electrons. The van der Waals surface area contributed by atoms with Gasteiger partial charge in [-0.05, 0) is 29.8 Å². The molecule has 0 atom stereocenters. The Hall–Kier alpha value is -1.03. The summed E-state index contributed by atoms with van der Waals surface area (Å²) in [4.78, 5) is 0. The summed E-state index contributed by atoms with van der Waals surface area (Å²) >= 11 is 17.7. The van der Waals surface area contributed by atoms with E-state index < -0.39 is 11.6 Å². The zero-order valence-electron chi connectivity index (χ0n) is 9.48. The van der Waals surface area contributed by atoms with Crippen LogP contribution in [0.5, 0.6) is 0 Å². The normalized spacial score (nSPS) is 10.6. The first kappa shape index (κ1) is 14.4. The van der Waals surface area contributed by atoms with Gasteiger partial charge in [0.2, 0.25) is 0 Å². The molecule has 19 heavy (non-hydrogen) atoms. The number of rotatable bonds is 3. The van der Waals surface area contributed by atoms with Crippen molar-refractivity contribution in [3.8, 4) is 0 Å². The molecule has 0 aliphatic heterocycles. The maximum Gasteiger partial charge on any atom is 0.126 e. The Kier molecular flexibility index (Phi) is 4.50. The van der Waals surface area contributed by atoms with Gasteiger partial charge in [-0.25, -0.2) is 8.78 Å². The third-order valence-corrected chi connectivity index (χ3v) is 3.43. The Morgan fingerprint density at radius 2 is 1.42 bits per heavy atom. The molecule has 0 unspecified atom stereocenters. The second-order valence-electron chi connectivity index (χ2n) is 3.83. The van der Waals surface area contributed by atoms with Gasteiger partial charge in [0.05, 0.1) is 15.7 Å². The average molecular weight is 323 g/mol. The van der Waals surface area contributed by atoms with Crippen molar-refractivity contribution < 1.29 is 8.78 Å². The number of benzene rings is 2. The third-order valence-electron chi connectivity index (χ3n) is 2.48. The Bertz CT molecular complexity index is 594. The second kappa shape index (κ2) is 5.95. The first-order valence-corrected chi connectivity index (χ1v) is 6.43. The molecule has 2 aromatic carbocycles. The van der Waals surface area contributed by atoms with Crippen LogP contribution in [0.15, 0.2) is 30.3 Å². The highest BCUT2D eigenvalue weighted by molar-refractivity contribution is 6.39. The number of nitrogens with one attached hydrogen (secondary N) is 1. The first-order valence-electron chi connectivity index (χ1n) is 5.29. The van der Waals surface area contributed by atoms with Crippen LogP contribution in [-0.2, 0) is 6.54 Å². The van der Waals surface area contributed by atoms with Crippen molar-refractivity contribution in [3.63, 3.8) is 0 Å². The van der Waals surface area contributed by atoms with Gasteiger partial charge >= 0.3 is 0 Å². The molecule has 0 aliphatic carbocycles. The molecule has 1 nitrogen and oxygen atoms in total. The van der Waals surface area contributed by atoms with E-state index in [2.05, 4.69) is 5.32 Å². The Morgan fingerprint density at radius 1 is 0.842 bits per heavy atom. The SMILES string of the molecule is Fc1ccc(CNc2c(Cl)cc(F)cc2Cl)c(Cl)c1. The summed E-state index contributed by atoms with van der Waals surface area (Å²) < 4.78 is 25.9. The Balaban J connectivity index is 2.19. The van der Waals surface area contributed by atoms with Crippen molar-refractivity contribution in [1.82, 2.24) is 0 Å². The van der Waals surface area contributed by atoms with Crippen LogP contribution in [-0.4, -0.2) is 0 Å². The van der Waals surface area contributed by atoms with E-state index in [1.165, 1.54) is 12.1 Å². The van der Waals surface area contributed by atoms with E-state index in [0.29, 0.717) is 22.8 Å². The molecule has 0 amide bonds. The number of hydrogen-bond acceptors (Lipinski definition) is 1. The second-order valence-corrected chi connectivity index (χ2v) is 5.06. The van der Waals surface area contributed by atoms with Crippen LogP contribution in [0.2, 0.25) is 15.1 Å². The minimum Gasteiger partial charge on any atom is -0.378 e. The molecule has 0 saturated heterocycles. The highest BCUT2D eigenvalue weighted by Gasteiger charge is 2.09. The lowest BCUT2D eigenvalue weighted by Gasteiger charge is -2.11. The van der Waals surface area contributed by atoms with Crippen molar-refractivity contribution in [3.05, 3.63) is 62.6 Å². The lowest BCUT2D eigenvalue weighted by molar-refractivity contribution is 0.627. The van der Waals surface area contributed by atoms with Crippen molar-refractivity contribution in [2.75, 3.05) is 5.32 Å². The quantitative estimate of drug-likeness (QED) is 0.782. The molecule has 6 heteroatoms. The average Bonchev–Trinajstić information content (AvgIpc) is 2.30. The van der Waals surface area contributed by atoms with Gasteiger partial charge in [-0.15, -0.1) is 0 Å². The number of hydrogen-bond donors (Lipinski definition) is 1. The van der Waals surface area contributed by atoms with Gasteiger partial charge in [0.1, 0.15) is 11.6 Å². The maximum atomic E-state index is 13.0. The van der Waals surface area contributed by atoms with E-state index in [1.807, 2.05) is 0 Å². The van der Waals surface area contributed by atoms with Crippen LogP contribution >= 0.6 is 34.8 Å². The highest BCUT2D eigenvalue weighted by atomic mass is 35.5. The molecule has 0 aliphatic rings. The summed E-state index contributed by atoms with van der Waals surface area (Å²) in [5.74, 6) is -0.924. The van der Waals surface area contributed by atoms with E-state index in [4.69, 9.17) is 34.8 Å². The molecule has 0 fully saturated rings. The lowest BCUT2D eigenvalue weighted by Crippen LogP contribution is -2.02. The third kappa shape index (κ3) is 3.50. The van der Waals surface area contributed by atoms with Crippen LogP contribution < -0.4 is 5.32 Å². The molecular formula is C13H8Cl3F2N. The van der Waals surface area contributed by atoms with Crippen LogP contribution in [0.3, 0.4) is 0 Å².